The largest absolute Gasteiger partial charge is 0.488 e. The molecule has 4 rings (SSSR count). The fourth-order valence-corrected chi connectivity index (χ4v) is 4.04. The number of hydrogen-bond acceptors (Lipinski definition) is 3. The van der Waals surface area contributed by atoms with Gasteiger partial charge in [-0.1, -0.05) is 77.5 Å². The van der Waals surface area contributed by atoms with Crippen LogP contribution in [0.25, 0.3) is 16.8 Å². The molecule has 0 fully saturated rings. The van der Waals surface area contributed by atoms with Gasteiger partial charge in [0.15, 0.2) is 0 Å². The van der Waals surface area contributed by atoms with Crippen LogP contribution in [0.5, 0.6) is 5.75 Å². The minimum Gasteiger partial charge on any atom is -0.488 e. The predicted molar refractivity (Wildman–Crippen MR) is 140 cm³/mol. The van der Waals surface area contributed by atoms with E-state index in [0.717, 1.165) is 27.2 Å². The second kappa shape index (κ2) is 10.8. The van der Waals surface area contributed by atoms with Crippen LogP contribution in [-0.2, 0) is 17.8 Å². The highest BCUT2D eigenvalue weighted by molar-refractivity contribution is 9.10. The first kappa shape index (κ1) is 23.3. The van der Waals surface area contributed by atoms with Crippen molar-refractivity contribution in [1.29, 1.82) is 5.26 Å². The lowest BCUT2D eigenvalue weighted by Crippen LogP contribution is -2.13. The van der Waals surface area contributed by atoms with Crippen LogP contribution in [0.15, 0.2) is 95.0 Å². The highest BCUT2D eigenvalue weighted by Crippen LogP contribution is 2.28. The van der Waals surface area contributed by atoms with E-state index in [0.29, 0.717) is 23.6 Å². The van der Waals surface area contributed by atoms with Gasteiger partial charge in [0.2, 0.25) is 0 Å². The van der Waals surface area contributed by atoms with E-state index in [1.165, 1.54) is 5.56 Å². The lowest BCUT2D eigenvalue weighted by molar-refractivity contribution is -0.112. The topological polar surface area (TPSA) is 62.1 Å². The number of nitrogens with zero attached hydrogens (tertiary/aromatic N) is 1. The van der Waals surface area contributed by atoms with Crippen LogP contribution in [0.2, 0.25) is 0 Å². The molecule has 34 heavy (non-hydrogen) atoms. The number of ether oxygens (including phenoxy) is 1. The SMILES string of the molecule is CCc1ccc(NC(=O)/C(C#N)=C/c2cc(Br)ccc2OCc2cccc3ccccc23)cc1. The van der Waals surface area contributed by atoms with Gasteiger partial charge in [-0.15, -0.1) is 0 Å². The number of amides is 1. The number of carbonyl (C=O) groups is 1. The number of hydrogen-bond donors (Lipinski definition) is 1. The van der Waals surface area contributed by atoms with Crippen LogP contribution in [0.4, 0.5) is 5.69 Å². The van der Waals surface area contributed by atoms with Crippen molar-refractivity contribution >= 4 is 44.4 Å². The van der Waals surface area contributed by atoms with E-state index in [9.17, 15) is 10.1 Å². The summed E-state index contributed by atoms with van der Waals surface area (Å²) in [7, 11) is 0. The molecule has 0 unspecified atom stereocenters. The van der Waals surface area contributed by atoms with Gasteiger partial charge in [-0.25, -0.2) is 0 Å². The molecule has 0 spiro atoms. The number of rotatable bonds is 7. The normalized spacial score (nSPS) is 11.1. The van der Waals surface area contributed by atoms with Crippen LogP contribution in [0.3, 0.4) is 0 Å². The van der Waals surface area contributed by atoms with E-state index < -0.39 is 5.91 Å². The van der Waals surface area contributed by atoms with E-state index in [1.54, 1.807) is 6.08 Å². The summed E-state index contributed by atoms with van der Waals surface area (Å²) in [4.78, 5) is 12.8. The Kier molecular flexibility index (Phi) is 7.41. The second-order valence-electron chi connectivity index (χ2n) is 7.78. The number of nitriles is 1. The summed E-state index contributed by atoms with van der Waals surface area (Å²) >= 11 is 3.47. The molecule has 0 aromatic heterocycles. The molecule has 4 aromatic rings. The highest BCUT2D eigenvalue weighted by atomic mass is 79.9. The monoisotopic (exact) mass is 510 g/mol. The third kappa shape index (κ3) is 5.54. The van der Waals surface area contributed by atoms with Crippen molar-refractivity contribution in [2.45, 2.75) is 20.0 Å². The molecule has 0 bridgehead atoms. The molecule has 0 saturated carbocycles. The molecule has 1 amide bonds. The average Bonchev–Trinajstić information content (AvgIpc) is 2.87. The van der Waals surface area contributed by atoms with Crippen molar-refractivity contribution in [3.8, 4) is 11.8 Å². The Hall–Kier alpha value is -3.88. The Bertz CT molecular complexity index is 1400. The predicted octanol–water partition coefficient (Wildman–Crippen LogP) is 7.29. The molecular formula is C29H23BrN2O2. The molecule has 0 atom stereocenters. The van der Waals surface area contributed by atoms with Crippen LogP contribution in [0.1, 0.15) is 23.6 Å². The Labute approximate surface area is 207 Å². The summed E-state index contributed by atoms with van der Waals surface area (Å²) in [6.45, 7) is 2.43. The Balaban J connectivity index is 1.57. The van der Waals surface area contributed by atoms with Gasteiger partial charge in [0.1, 0.15) is 24.0 Å². The number of carbonyl (C=O) groups excluding carboxylic acids is 1. The zero-order valence-electron chi connectivity index (χ0n) is 18.7. The van der Waals surface area contributed by atoms with Crippen LogP contribution in [0, 0.1) is 11.3 Å². The third-order valence-electron chi connectivity index (χ3n) is 5.52. The number of halogens is 1. The van der Waals surface area contributed by atoms with Crippen molar-refractivity contribution in [1.82, 2.24) is 0 Å². The van der Waals surface area contributed by atoms with Crippen molar-refractivity contribution < 1.29 is 9.53 Å². The first-order valence-electron chi connectivity index (χ1n) is 11.0. The summed E-state index contributed by atoms with van der Waals surface area (Å²) < 4.78 is 6.97. The molecular weight excluding hydrogens is 488 g/mol. The molecule has 0 heterocycles. The molecule has 4 aromatic carbocycles. The third-order valence-corrected chi connectivity index (χ3v) is 6.01. The highest BCUT2D eigenvalue weighted by Gasteiger charge is 2.13. The minimum absolute atomic E-state index is 0.00678. The number of anilines is 1. The van der Waals surface area contributed by atoms with Crippen LogP contribution in [-0.4, -0.2) is 5.91 Å². The van der Waals surface area contributed by atoms with Crippen molar-refractivity contribution in [2.24, 2.45) is 0 Å². The minimum atomic E-state index is -0.466. The molecule has 1 N–H and O–H groups in total. The molecule has 168 valence electrons. The second-order valence-corrected chi connectivity index (χ2v) is 8.70. The maximum Gasteiger partial charge on any atom is 0.266 e. The standard InChI is InChI=1S/C29H23BrN2O2/c1-2-20-10-13-26(14-11-20)32-29(33)24(18-31)16-23-17-25(30)12-15-28(23)34-19-22-8-5-7-21-6-3-4-9-27(21)22/h3-17H,2,19H2,1H3,(H,32,33)/b24-16+. The summed E-state index contributed by atoms with van der Waals surface area (Å²) in [6, 6.07) is 29.4. The van der Waals surface area contributed by atoms with Crippen molar-refractivity contribution in [2.75, 3.05) is 5.32 Å². The first-order chi connectivity index (χ1) is 16.6. The maximum atomic E-state index is 12.8. The summed E-state index contributed by atoms with van der Waals surface area (Å²) in [5.74, 6) is 0.121. The molecule has 0 radical (unpaired) electrons. The molecule has 4 nitrogen and oxygen atoms in total. The summed E-state index contributed by atoms with van der Waals surface area (Å²) in [6.07, 6.45) is 2.47. The van der Waals surface area contributed by atoms with E-state index in [1.807, 2.05) is 72.8 Å². The van der Waals surface area contributed by atoms with Gasteiger partial charge in [0.25, 0.3) is 5.91 Å². The Morgan fingerprint density at radius 3 is 2.56 bits per heavy atom. The van der Waals surface area contributed by atoms with Crippen molar-refractivity contribution in [3.63, 3.8) is 0 Å². The van der Waals surface area contributed by atoms with E-state index in [4.69, 9.17) is 4.74 Å². The molecule has 0 aliphatic carbocycles. The average molecular weight is 511 g/mol. The molecule has 0 saturated heterocycles. The van der Waals surface area contributed by atoms with E-state index in [-0.39, 0.29) is 5.57 Å². The molecule has 0 aliphatic heterocycles. The van der Waals surface area contributed by atoms with Crippen LogP contribution < -0.4 is 10.1 Å². The fourth-order valence-electron chi connectivity index (χ4n) is 3.66. The molecule has 5 heteroatoms. The van der Waals surface area contributed by atoms with Gasteiger partial charge < -0.3 is 10.1 Å². The smallest absolute Gasteiger partial charge is 0.266 e. The summed E-state index contributed by atoms with van der Waals surface area (Å²) in [5, 5.41) is 14.7. The quantitative estimate of drug-likeness (QED) is 0.209. The number of aryl methyl sites for hydroxylation is 1. The van der Waals surface area contributed by atoms with Gasteiger partial charge in [-0.3, -0.25) is 4.79 Å². The lowest BCUT2D eigenvalue weighted by Gasteiger charge is -2.12. The van der Waals surface area contributed by atoms with Crippen LogP contribution >= 0.6 is 15.9 Å². The zero-order chi connectivity index (χ0) is 23.9. The zero-order valence-corrected chi connectivity index (χ0v) is 20.3. The number of nitrogens with one attached hydrogen (secondary N) is 1. The number of benzene rings is 4. The van der Waals surface area contributed by atoms with Crippen molar-refractivity contribution in [3.05, 3.63) is 112 Å². The first-order valence-corrected chi connectivity index (χ1v) is 11.8. The van der Waals surface area contributed by atoms with Gasteiger partial charge in [0, 0.05) is 15.7 Å². The van der Waals surface area contributed by atoms with Gasteiger partial charge in [0.05, 0.1) is 0 Å². The van der Waals surface area contributed by atoms with E-state index in [2.05, 4.69) is 46.4 Å². The lowest BCUT2D eigenvalue weighted by atomic mass is 10.1. The van der Waals surface area contributed by atoms with Gasteiger partial charge in [-0.05, 0) is 64.7 Å². The molecule has 0 aliphatic rings. The van der Waals surface area contributed by atoms with Gasteiger partial charge >= 0.3 is 0 Å². The maximum absolute atomic E-state index is 12.8. The summed E-state index contributed by atoms with van der Waals surface area (Å²) in [5.41, 5.74) is 3.52. The fraction of sp³-hybridized carbons (Fsp3) is 0.103. The Morgan fingerprint density at radius 1 is 1.03 bits per heavy atom. The Morgan fingerprint density at radius 2 is 1.79 bits per heavy atom. The van der Waals surface area contributed by atoms with E-state index >= 15 is 0 Å². The number of fused-ring (bicyclic) bond motifs is 1. The van der Waals surface area contributed by atoms with Gasteiger partial charge in [-0.2, -0.15) is 5.26 Å².